The smallest absolute Gasteiger partial charge is 0.263 e. The minimum atomic E-state index is -0.926. The van der Waals surface area contributed by atoms with Crippen LogP contribution in [0.2, 0.25) is 0 Å². The molecule has 4 heteroatoms. The van der Waals surface area contributed by atoms with Gasteiger partial charge in [-0.2, -0.15) is 0 Å². The maximum absolute atomic E-state index is 10.1. The van der Waals surface area contributed by atoms with Gasteiger partial charge in [-0.15, -0.1) is 0 Å². The third-order valence-electron chi connectivity index (χ3n) is 0.640. The average molecular weight is 141 g/mol. The Kier molecular flexibility index (Phi) is 5.58. The molecule has 9 heavy (non-hydrogen) atoms. The average Bonchev–Trinajstić information content (AvgIpc) is 1.64. The van der Waals surface area contributed by atoms with Gasteiger partial charge in [0.2, 0.25) is 11.6 Å². The zero-order chi connectivity index (χ0) is 6.73. The lowest BCUT2D eigenvalue weighted by Gasteiger charge is -1.81. The Hall–Kier alpha value is -0.458. The Morgan fingerprint density at radius 2 is 1.11 bits per heavy atom. The first kappa shape index (κ1) is 11.4. The molecule has 0 unspecified atom stereocenters. The third kappa shape index (κ3) is 4.07. The summed E-state index contributed by atoms with van der Waals surface area (Å²) in [6.07, 6.45) is 0. The topological polar surface area (TPSA) is 51.2 Å². The van der Waals surface area contributed by atoms with Crippen molar-refractivity contribution in [2.45, 2.75) is 13.8 Å². The summed E-state index contributed by atoms with van der Waals surface area (Å²) in [4.78, 5) is 30.2. The quantitative estimate of drug-likeness (QED) is 0.292. The normalized spacial score (nSPS) is 7.33. The van der Waals surface area contributed by atoms with E-state index in [-0.39, 0.29) is 17.4 Å². The number of carbonyl (C=O) groups is 3. The van der Waals surface area contributed by atoms with Crippen molar-refractivity contribution in [3.05, 3.63) is 0 Å². The minimum Gasteiger partial charge on any atom is -0.291 e. The van der Waals surface area contributed by atoms with Crippen LogP contribution in [0, 0.1) is 0 Å². The second kappa shape index (κ2) is 4.42. The van der Waals surface area contributed by atoms with Crippen LogP contribution < -0.4 is 0 Å². The summed E-state index contributed by atoms with van der Waals surface area (Å²) < 4.78 is 0. The second-order valence-corrected chi connectivity index (χ2v) is 1.44. The Morgan fingerprint density at radius 3 is 1.11 bits per heavy atom. The SMILES string of the molecule is CC(=O)C(=O)C(C)=O.[Al]. The van der Waals surface area contributed by atoms with Crippen molar-refractivity contribution in [3.8, 4) is 0 Å². The van der Waals surface area contributed by atoms with Crippen LogP contribution in [0.15, 0.2) is 0 Å². The van der Waals surface area contributed by atoms with Crippen LogP contribution in [0.25, 0.3) is 0 Å². The van der Waals surface area contributed by atoms with E-state index in [0.717, 1.165) is 13.8 Å². The van der Waals surface area contributed by atoms with Gasteiger partial charge in [0.05, 0.1) is 0 Å². The van der Waals surface area contributed by atoms with Crippen molar-refractivity contribution in [1.29, 1.82) is 0 Å². The van der Waals surface area contributed by atoms with Gasteiger partial charge in [0.1, 0.15) is 0 Å². The van der Waals surface area contributed by atoms with Gasteiger partial charge in [-0.3, -0.25) is 14.4 Å². The van der Waals surface area contributed by atoms with Crippen molar-refractivity contribution in [1.82, 2.24) is 0 Å². The molecular formula is C5H6AlO3. The largest absolute Gasteiger partial charge is 0.291 e. The van der Waals surface area contributed by atoms with Gasteiger partial charge in [-0.25, -0.2) is 0 Å². The molecule has 0 aliphatic heterocycles. The molecule has 47 valence electrons. The van der Waals surface area contributed by atoms with E-state index in [4.69, 9.17) is 0 Å². The van der Waals surface area contributed by atoms with Gasteiger partial charge in [-0.1, -0.05) is 0 Å². The van der Waals surface area contributed by atoms with E-state index in [0.29, 0.717) is 0 Å². The molecule has 0 aliphatic rings. The van der Waals surface area contributed by atoms with E-state index in [1.54, 1.807) is 0 Å². The summed E-state index contributed by atoms with van der Waals surface area (Å²) >= 11 is 0. The van der Waals surface area contributed by atoms with E-state index in [9.17, 15) is 14.4 Å². The lowest BCUT2D eigenvalue weighted by molar-refractivity contribution is -0.142. The first-order valence-corrected chi connectivity index (χ1v) is 2.11. The Labute approximate surface area is 63.6 Å². The summed E-state index contributed by atoms with van der Waals surface area (Å²) in [7, 11) is 0. The lowest BCUT2D eigenvalue weighted by Crippen LogP contribution is -2.17. The van der Waals surface area contributed by atoms with Crippen LogP contribution in [0.5, 0.6) is 0 Å². The zero-order valence-corrected chi connectivity index (χ0v) is 6.46. The van der Waals surface area contributed by atoms with E-state index < -0.39 is 17.3 Å². The second-order valence-electron chi connectivity index (χ2n) is 1.44. The first-order valence-electron chi connectivity index (χ1n) is 2.11. The van der Waals surface area contributed by atoms with Gasteiger partial charge >= 0.3 is 0 Å². The number of Topliss-reactive ketones (excluding diaryl/α,β-unsaturated/α-hetero) is 3. The minimum absolute atomic E-state index is 0. The van der Waals surface area contributed by atoms with Gasteiger partial charge < -0.3 is 0 Å². The molecule has 3 nitrogen and oxygen atoms in total. The molecule has 0 aliphatic carbocycles. The fraction of sp³-hybridized carbons (Fsp3) is 0.400. The van der Waals surface area contributed by atoms with Crippen molar-refractivity contribution in [2.75, 3.05) is 0 Å². The molecule has 0 amide bonds. The summed E-state index contributed by atoms with van der Waals surface area (Å²) in [6.45, 7) is 2.15. The molecule has 0 N–H and O–H groups in total. The fourth-order valence-electron chi connectivity index (χ4n) is 0.248. The monoisotopic (exact) mass is 141 g/mol. The van der Waals surface area contributed by atoms with Gasteiger partial charge in [-0.05, 0) is 0 Å². The number of ketones is 3. The number of rotatable bonds is 2. The predicted molar refractivity (Wildman–Crippen MR) is 32.1 cm³/mol. The highest BCUT2D eigenvalue weighted by Crippen LogP contribution is 1.75. The van der Waals surface area contributed by atoms with Crippen LogP contribution in [-0.4, -0.2) is 34.7 Å². The van der Waals surface area contributed by atoms with Crippen molar-refractivity contribution >= 4 is 34.7 Å². The Bertz CT molecular complexity index is 134. The number of hydrogen-bond donors (Lipinski definition) is 0. The van der Waals surface area contributed by atoms with Crippen LogP contribution in [0.4, 0.5) is 0 Å². The molecule has 0 aromatic carbocycles. The van der Waals surface area contributed by atoms with E-state index in [2.05, 4.69) is 0 Å². The molecular weight excluding hydrogens is 135 g/mol. The molecule has 0 aromatic heterocycles. The molecule has 0 heterocycles. The first-order chi connectivity index (χ1) is 3.55. The molecule has 0 rings (SSSR count). The Balaban J connectivity index is 0. The van der Waals surface area contributed by atoms with Crippen molar-refractivity contribution in [2.24, 2.45) is 0 Å². The van der Waals surface area contributed by atoms with Gasteiger partial charge in [0, 0.05) is 31.2 Å². The molecule has 0 saturated carbocycles. The molecule has 0 aromatic rings. The maximum atomic E-state index is 10.1. The highest BCUT2D eigenvalue weighted by Gasteiger charge is 2.11. The zero-order valence-electron chi connectivity index (χ0n) is 5.30. The summed E-state index contributed by atoms with van der Waals surface area (Å²) in [5.41, 5.74) is 0. The summed E-state index contributed by atoms with van der Waals surface area (Å²) in [6, 6.07) is 0. The number of carbonyl (C=O) groups excluding carboxylic acids is 3. The highest BCUT2D eigenvalue weighted by molar-refractivity contribution is 6.62. The maximum Gasteiger partial charge on any atom is 0.263 e. The molecule has 0 spiro atoms. The highest BCUT2D eigenvalue weighted by atomic mass is 27.0. The molecule has 0 saturated heterocycles. The van der Waals surface area contributed by atoms with E-state index >= 15 is 0 Å². The van der Waals surface area contributed by atoms with Gasteiger partial charge in [0.25, 0.3) is 5.78 Å². The lowest BCUT2D eigenvalue weighted by atomic mass is 10.2. The summed E-state index contributed by atoms with van der Waals surface area (Å²) in [5.74, 6) is -2.32. The van der Waals surface area contributed by atoms with Crippen LogP contribution in [0.3, 0.4) is 0 Å². The Morgan fingerprint density at radius 1 is 0.889 bits per heavy atom. The fourth-order valence-corrected chi connectivity index (χ4v) is 0.248. The van der Waals surface area contributed by atoms with Gasteiger partial charge in [0.15, 0.2) is 0 Å². The van der Waals surface area contributed by atoms with Crippen molar-refractivity contribution < 1.29 is 14.4 Å². The van der Waals surface area contributed by atoms with E-state index in [1.807, 2.05) is 0 Å². The number of hydrogen-bond acceptors (Lipinski definition) is 3. The molecule has 0 bridgehead atoms. The summed E-state index contributed by atoms with van der Waals surface area (Å²) in [5, 5.41) is 0. The molecule has 0 fully saturated rings. The molecule has 3 radical (unpaired) electrons. The van der Waals surface area contributed by atoms with E-state index in [1.165, 1.54) is 0 Å². The predicted octanol–water partition coefficient (Wildman–Crippen LogP) is -0.647. The molecule has 0 atom stereocenters. The van der Waals surface area contributed by atoms with Crippen LogP contribution in [0.1, 0.15) is 13.8 Å². The van der Waals surface area contributed by atoms with Crippen molar-refractivity contribution in [3.63, 3.8) is 0 Å². The third-order valence-corrected chi connectivity index (χ3v) is 0.640. The van der Waals surface area contributed by atoms with Crippen LogP contribution in [-0.2, 0) is 14.4 Å². The van der Waals surface area contributed by atoms with Crippen LogP contribution >= 0.6 is 0 Å². The standard InChI is InChI=1S/C5H6O3.Al/c1-3(6)5(8)4(2)7;/h1-2H3;.